The summed E-state index contributed by atoms with van der Waals surface area (Å²) in [4.78, 5) is 14.1. The van der Waals surface area contributed by atoms with Gasteiger partial charge in [-0.25, -0.2) is 0 Å². The van der Waals surface area contributed by atoms with Crippen molar-refractivity contribution in [1.29, 1.82) is 0 Å². The lowest BCUT2D eigenvalue weighted by atomic mass is 10.1. The largest absolute Gasteiger partial charge is 0.465 e. The Kier molecular flexibility index (Phi) is 6.78. The standard InChI is InChI=1S/C19H23NO3/c1-2-23-19(22)18(15-21)20(13-16-9-5-3-6-10-16)14-17-11-7-4-8-12-17/h3-12,18,21H,2,13-15H2,1H3/t18-/m0/s1. The second-order valence-electron chi connectivity index (χ2n) is 5.33. The smallest absolute Gasteiger partial charge is 0.325 e. The van der Waals surface area contributed by atoms with Crippen LogP contribution in [0.1, 0.15) is 18.1 Å². The molecule has 0 saturated heterocycles. The summed E-state index contributed by atoms with van der Waals surface area (Å²) in [5.74, 6) is -0.387. The molecule has 0 saturated carbocycles. The second kappa shape index (κ2) is 9.08. The van der Waals surface area contributed by atoms with E-state index in [1.807, 2.05) is 65.6 Å². The van der Waals surface area contributed by atoms with Crippen LogP contribution >= 0.6 is 0 Å². The third-order valence-electron chi connectivity index (χ3n) is 3.63. The van der Waals surface area contributed by atoms with Crippen molar-refractivity contribution in [2.75, 3.05) is 13.2 Å². The summed E-state index contributed by atoms with van der Waals surface area (Å²) >= 11 is 0. The molecule has 1 atom stereocenters. The Labute approximate surface area is 137 Å². The van der Waals surface area contributed by atoms with Crippen LogP contribution in [0.5, 0.6) is 0 Å². The third kappa shape index (κ3) is 5.20. The Morgan fingerprint density at radius 3 is 1.87 bits per heavy atom. The maximum absolute atomic E-state index is 12.2. The van der Waals surface area contributed by atoms with Gasteiger partial charge < -0.3 is 9.84 Å². The molecular formula is C19H23NO3. The van der Waals surface area contributed by atoms with E-state index in [1.54, 1.807) is 6.92 Å². The molecule has 2 rings (SSSR count). The second-order valence-corrected chi connectivity index (χ2v) is 5.33. The number of esters is 1. The predicted octanol–water partition coefficient (Wildman–Crippen LogP) is 2.61. The van der Waals surface area contributed by atoms with Crippen LogP contribution in [-0.2, 0) is 22.6 Å². The number of aliphatic hydroxyl groups excluding tert-OH is 1. The van der Waals surface area contributed by atoms with Crippen LogP contribution in [0.25, 0.3) is 0 Å². The first-order valence-corrected chi connectivity index (χ1v) is 7.84. The van der Waals surface area contributed by atoms with Gasteiger partial charge in [0.2, 0.25) is 0 Å². The SMILES string of the molecule is CCOC(=O)[C@H](CO)N(Cc1ccccc1)Cc1ccccc1. The Morgan fingerprint density at radius 2 is 1.48 bits per heavy atom. The Balaban J connectivity index is 2.20. The van der Waals surface area contributed by atoms with E-state index < -0.39 is 6.04 Å². The molecule has 0 aliphatic rings. The van der Waals surface area contributed by atoms with Crippen LogP contribution in [0, 0.1) is 0 Å². The highest BCUT2D eigenvalue weighted by Crippen LogP contribution is 2.14. The highest BCUT2D eigenvalue weighted by molar-refractivity contribution is 5.75. The summed E-state index contributed by atoms with van der Waals surface area (Å²) in [5.41, 5.74) is 2.18. The fourth-order valence-corrected chi connectivity index (χ4v) is 2.49. The van der Waals surface area contributed by atoms with Gasteiger partial charge in [-0.15, -0.1) is 0 Å². The zero-order chi connectivity index (χ0) is 16.5. The number of benzene rings is 2. The Morgan fingerprint density at radius 1 is 1.00 bits per heavy atom. The highest BCUT2D eigenvalue weighted by Gasteiger charge is 2.26. The van der Waals surface area contributed by atoms with Gasteiger partial charge in [-0.1, -0.05) is 60.7 Å². The first-order valence-electron chi connectivity index (χ1n) is 7.84. The van der Waals surface area contributed by atoms with Crippen molar-refractivity contribution in [3.05, 3.63) is 71.8 Å². The van der Waals surface area contributed by atoms with Crippen molar-refractivity contribution in [3.63, 3.8) is 0 Å². The number of aliphatic hydroxyl groups is 1. The van der Waals surface area contributed by atoms with Crippen molar-refractivity contribution in [1.82, 2.24) is 4.90 Å². The van der Waals surface area contributed by atoms with E-state index >= 15 is 0 Å². The van der Waals surface area contributed by atoms with Crippen molar-refractivity contribution < 1.29 is 14.6 Å². The summed E-state index contributed by atoms with van der Waals surface area (Å²) in [6.45, 7) is 2.95. The fraction of sp³-hybridized carbons (Fsp3) is 0.316. The molecule has 0 spiro atoms. The van der Waals surface area contributed by atoms with Gasteiger partial charge in [0.05, 0.1) is 13.2 Å². The predicted molar refractivity (Wildman–Crippen MR) is 89.6 cm³/mol. The summed E-state index contributed by atoms with van der Waals surface area (Å²) in [6, 6.07) is 19.2. The Bertz CT molecular complexity index is 545. The number of ether oxygens (including phenoxy) is 1. The van der Waals surface area contributed by atoms with Crippen molar-refractivity contribution in [2.24, 2.45) is 0 Å². The summed E-state index contributed by atoms with van der Waals surface area (Å²) in [5, 5.41) is 9.71. The lowest BCUT2D eigenvalue weighted by molar-refractivity contribution is -0.151. The zero-order valence-corrected chi connectivity index (χ0v) is 13.4. The van der Waals surface area contributed by atoms with E-state index in [0.717, 1.165) is 11.1 Å². The number of carbonyl (C=O) groups is 1. The quantitative estimate of drug-likeness (QED) is 0.761. The number of carbonyl (C=O) groups excluding carboxylic acids is 1. The molecule has 0 bridgehead atoms. The van der Waals surface area contributed by atoms with Gasteiger partial charge in [-0.3, -0.25) is 9.69 Å². The van der Waals surface area contributed by atoms with E-state index in [1.165, 1.54) is 0 Å². The lowest BCUT2D eigenvalue weighted by Crippen LogP contribution is -2.44. The van der Waals surface area contributed by atoms with Crippen LogP contribution < -0.4 is 0 Å². The normalized spacial score (nSPS) is 12.1. The molecule has 2 aromatic carbocycles. The molecule has 4 heteroatoms. The van der Waals surface area contributed by atoms with Gasteiger partial charge in [0.1, 0.15) is 6.04 Å². The van der Waals surface area contributed by atoms with Crippen molar-refractivity contribution in [3.8, 4) is 0 Å². The average molecular weight is 313 g/mol. The lowest BCUT2D eigenvalue weighted by Gasteiger charge is -2.29. The van der Waals surface area contributed by atoms with Crippen LogP contribution in [0.3, 0.4) is 0 Å². The molecule has 23 heavy (non-hydrogen) atoms. The fourth-order valence-electron chi connectivity index (χ4n) is 2.49. The van der Waals surface area contributed by atoms with Gasteiger partial charge in [-0.05, 0) is 18.1 Å². The van der Waals surface area contributed by atoms with Crippen molar-refractivity contribution >= 4 is 5.97 Å². The minimum absolute atomic E-state index is 0.265. The molecule has 0 unspecified atom stereocenters. The highest BCUT2D eigenvalue weighted by atomic mass is 16.5. The van der Waals surface area contributed by atoms with Gasteiger partial charge in [0.15, 0.2) is 0 Å². The third-order valence-corrected chi connectivity index (χ3v) is 3.63. The van der Waals surface area contributed by atoms with Gasteiger partial charge in [-0.2, -0.15) is 0 Å². The maximum atomic E-state index is 12.2. The van der Waals surface area contributed by atoms with E-state index in [0.29, 0.717) is 19.7 Å². The van der Waals surface area contributed by atoms with Crippen LogP contribution in [0.15, 0.2) is 60.7 Å². The minimum atomic E-state index is -0.671. The monoisotopic (exact) mass is 313 g/mol. The van der Waals surface area contributed by atoms with Gasteiger partial charge in [0.25, 0.3) is 0 Å². The number of rotatable bonds is 8. The van der Waals surface area contributed by atoms with Crippen LogP contribution in [0.2, 0.25) is 0 Å². The first-order chi connectivity index (χ1) is 11.2. The van der Waals surface area contributed by atoms with E-state index in [2.05, 4.69) is 0 Å². The molecular weight excluding hydrogens is 290 g/mol. The topological polar surface area (TPSA) is 49.8 Å². The molecule has 0 heterocycles. The molecule has 0 aliphatic carbocycles. The molecule has 4 nitrogen and oxygen atoms in total. The van der Waals surface area contributed by atoms with Gasteiger partial charge >= 0.3 is 5.97 Å². The van der Waals surface area contributed by atoms with E-state index in [9.17, 15) is 9.90 Å². The van der Waals surface area contributed by atoms with E-state index in [-0.39, 0.29) is 12.6 Å². The maximum Gasteiger partial charge on any atom is 0.325 e. The first kappa shape index (κ1) is 17.2. The number of hydrogen-bond acceptors (Lipinski definition) is 4. The molecule has 2 aromatic rings. The molecule has 1 N–H and O–H groups in total. The number of hydrogen-bond donors (Lipinski definition) is 1. The summed E-state index contributed by atoms with van der Waals surface area (Å²) in [7, 11) is 0. The molecule has 0 aliphatic heterocycles. The van der Waals surface area contributed by atoms with Crippen LogP contribution in [-0.4, -0.2) is 35.2 Å². The van der Waals surface area contributed by atoms with Crippen LogP contribution in [0.4, 0.5) is 0 Å². The molecule has 0 radical (unpaired) electrons. The van der Waals surface area contributed by atoms with E-state index in [4.69, 9.17) is 4.74 Å². The Hall–Kier alpha value is -2.17. The van der Waals surface area contributed by atoms with Gasteiger partial charge in [0, 0.05) is 13.1 Å². The average Bonchev–Trinajstić information content (AvgIpc) is 2.57. The summed E-state index contributed by atoms with van der Waals surface area (Å²) in [6.07, 6.45) is 0. The zero-order valence-electron chi connectivity index (χ0n) is 13.4. The van der Waals surface area contributed by atoms with Crippen molar-refractivity contribution in [2.45, 2.75) is 26.1 Å². The molecule has 0 fully saturated rings. The minimum Gasteiger partial charge on any atom is -0.465 e. The number of nitrogens with zero attached hydrogens (tertiary/aromatic N) is 1. The molecule has 0 amide bonds. The molecule has 122 valence electrons. The molecule has 0 aromatic heterocycles. The summed E-state index contributed by atoms with van der Waals surface area (Å²) < 4.78 is 5.11.